The summed E-state index contributed by atoms with van der Waals surface area (Å²) in [4.78, 5) is 4.58. The predicted octanol–water partition coefficient (Wildman–Crippen LogP) is 2.69. The predicted molar refractivity (Wildman–Crippen MR) is 84.9 cm³/mol. The first-order valence-corrected chi connectivity index (χ1v) is 7.47. The average Bonchev–Trinajstić information content (AvgIpc) is 2.49. The van der Waals surface area contributed by atoms with E-state index in [4.69, 9.17) is 4.74 Å². The smallest absolute Gasteiger partial charge is 0.191 e. The number of aliphatic imine (C=N–C) groups is 1. The Morgan fingerprint density at radius 3 is 2.35 bits per heavy atom. The maximum Gasteiger partial charge on any atom is 0.191 e. The van der Waals surface area contributed by atoms with Gasteiger partial charge in [-0.1, -0.05) is 31.2 Å². The monoisotopic (exact) mass is 277 g/mol. The van der Waals surface area contributed by atoms with Crippen LogP contribution >= 0.6 is 0 Å². The molecule has 0 aliphatic heterocycles. The van der Waals surface area contributed by atoms with Crippen LogP contribution in [0.4, 0.5) is 0 Å². The molecule has 0 aliphatic rings. The van der Waals surface area contributed by atoms with Crippen LogP contribution < -0.4 is 10.6 Å². The summed E-state index contributed by atoms with van der Waals surface area (Å²) in [5.41, 5.74) is 2.41. The Balaban J connectivity index is 2.52. The minimum Gasteiger partial charge on any atom is -0.377 e. The van der Waals surface area contributed by atoms with Gasteiger partial charge in [0.25, 0.3) is 0 Å². The van der Waals surface area contributed by atoms with Crippen molar-refractivity contribution in [3.8, 4) is 0 Å². The molecule has 0 bridgehead atoms. The molecule has 112 valence electrons. The van der Waals surface area contributed by atoms with Crippen molar-refractivity contribution >= 4 is 5.96 Å². The molecular formula is C16H27N3O. The quantitative estimate of drug-likeness (QED) is 0.567. The number of benzene rings is 1. The fraction of sp³-hybridized carbons (Fsp3) is 0.562. The second-order valence-corrected chi connectivity index (χ2v) is 4.58. The Bertz CT molecular complexity index is 387. The normalized spacial score (nSPS) is 11.4. The van der Waals surface area contributed by atoms with E-state index in [-0.39, 0.29) is 0 Å². The number of rotatable bonds is 8. The van der Waals surface area contributed by atoms with Gasteiger partial charge in [-0.2, -0.15) is 0 Å². The van der Waals surface area contributed by atoms with Gasteiger partial charge in [0.05, 0.1) is 13.2 Å². The fourth-order valence-corrected chi connectivity index (χ4v) is 1.72. The van der Waals surface area contributed by atoms with Gasteiger partial charge in [0.15, 0.2) is 5.96 Å². The highest BCUT2D eigenvalue weighted by atomic mass is 16.5. The third-order valence-electron chi connectivity index (χ3n) is 2.80. The van der Waals surface area contributed by atoms with Crippen LogP contribution in [0.25, 0.3) is 0 Å². The number of nitrogens with one attached hydrogen (secondary N) is 2. The van der Waals surface area contributed by atoms with Gasteiger partial charge in [0.1, 0.15) is 0 Å². The van der Waals surface area contributed by atoms with Crippen LogP contribution in [-0.2, 0) is 17.9 Å². The van der Waals surface area contributed by atoms with E-state index in [9.17, 15) is 0 Å². The number of hydrogen-bond acceptors (Lipinski definition) is 2. The SMILES string of the molecule is CCCNC(=NCc1ccc(COCC)cc1)NCC. The third kappa shape index (κ3) is 6.57. The molecule has 0 aliphatic carbocycles. The van der Waals surface area contributed by atoms with Crippen LogP contribution in [0.1, 0.15) is 38.3 Å². The van der Waals surface area contributed by atoms with E-state index in [1.165, 1.54) is 11.1 Å². The van der Waals surface area contributed by atoms with Gasteiger partial charge in [-0.25, -0.2) is 4.99 Å². The van der Waals surface area contributed by atoms with E-state index in [2.05, 4.69) is 53.7 Å². The largest absolute Gasteiger partial charge is 0.377 e. The maximum atomic E-state index is 5.39. The molecule has 0 spiro atoms. The summed E-state index contributed by atoms with van der Waals surface area (Å²) in [5, 5.41) is 6.54. The van der Waals surface area contributed by atoms with Crippen molar-refractivity contribution in [3.05, 3.63) is 35.4 Å². The second-order valence-electron chi connectivity index (χ2n) is 4.58. The molecule has 0 atom stereocenters. The highest BCUT2D eigenvalue weighted by molar-refractivity contribution is 5.79. The Hall–Kier alpha value is -1.55. The molecule has 20 heavy (non-hydrogen) atoms. The molecule has 2 N–H and O–H groups in total. The lowest BCUT2D eigenvalue weighted by molar-refractivity contribution is 0.134. The van der Waals surface area contributed by atoms with Crippen molar-refractivity contribution in [2.24, 2.45) is 4.99 Å². The van der Waals surface area contributed by atoms with Crippen molar-refractivity contribution in [1.29, 1.82) is 0 Å². The van der Waals surface area contributed by atoms with Crippen LogP contribution in [0.2, 0.25) is 0 Å². The Morgan fingerprint density at radius 2 is 1.75 bits per heavy atom. The average molecular weight is 277 g/mol. The van der Waals surface area contributed by atoms with Gasteiger partial charge in [-0.05, 0) is 31.4 Å². The zero-order chi connectivity index (χ0) is 14.6. The molecule has 0 aromatic heterocycles. The molecule has 0 radical (unpaired) electrons. The first-order chi connectivity index (χ1) is 9.80. The van der Waals surface area contributed by atoms with E-state index in [0.29, 0.717) is 13.2 Å². The van der Waals surface area contributed by atoms with E-state index in [0.717, 1.165) is 32.1 Å². The lowest BCUT2D eigenvalue weighted by Gasteiger charge is -2.10. The highest BCUT2D eigenvalue weighted by Gasteiger charge is 1.97. The third-order valence-corrected chi connectivity index (χ3v) is 2.80. The van der Waals surface area contributed by atoms with Crippen LogP contribution in [-0.4, -0.2) is 25.7 Å². The lowest BCUT2D eigenvalue weighted by atomic mass is 10.1. The number of guanidine groups is 1. The zero-order valence-corrected chi connectivity index (χ0v) is 12.9. The first kappa shape index (κ1) is 16.5. The van der Waals surface area contributed by atoms with Crippen molar-refractivity contribution in [2.75, 3.05) is 19.7 Å². The molecule has 0 saturated carbocycles. The molecule has 4 nitrogen and oxygen atoms in total. The van der Waals surface area contributed by atoms with Crippen LogP contribution in [0.5, 0.6) is 0 Å². The van der Waals surface area contributed by atoms with Crippen LogP contribution in [0.15, 0.2) is 29.3 Å². The second kappa shape index (κ2) is 10.3. The number of hydrogen-bond donors (Lipinski definition) is 2. The van der Waals surface area contributed by atoms with Crippen molar-refractivity contribution in [3.63, 3.8) is 0 Å². The topological polar surface area (TPSA) is 45.7 Å². The molecule has 0 heterocycles. The Morgan fingerprint density at radius 1 is 1.05 bits per heavy atom. The Labute approximate surface area is 122 Å². The summed E-state index contributed by atoms with van der Waals surface area (Å²) < 4.78 is 5.39. The first-order valence-electron chi connectivity index (χ1n) is 7.47. The van der Waals surface area contributed by atoms with E-state index >= 15 is 0 Å². The van der Waals surface area contributed by atoms with Gasteiger partial charge in [0.2, 0.25) is 0 Å². The van der Waals surface area contributed by atoms with Crippen molar-refractivity contribution < 1.29 is 4.74 Å². The maximum absolute atomic E-state index is 5.39. The molecule has 1 aromatic carbocycles. The van der Waals surface area contributed by atoms with Gasteiger partial charge in [0, 0.05) is 19.7 Å². The molecule has 0 unspecified atom stereocenters. The van der Waals surface area contributed by atoms with Gasteiger partial charge in [-0.3, -0.25) is 0 Å². The van der Waals surface area contributed by atoms with Gasteiger partial charge < -0.3 is 15.4 Å². The number of nitrogens with zero attached hydrogens (tertiary/aromatic N) is 1. The van der Waals surface area contributed by atoms with Gasteiger partial charge in [-0.15, -0.1) is 0 Å². The van der Waals surface area contributed by atoms with Crippen LogP contribution in [0, 0.1) is 0 Å². The zero-order valence-electron chi connectivity index (χ0n) is 12.9. The van der Waals surface area contributed by atoms with Gasteiger partial charge >= 0.3 is 0 Å². The van der Waals surface area contributed by atoms with Crippen LogP contribution in [0.3, 0.4) is 0 Å². The van der Waals surface area contributed by atoms with Crippen molar-refractivity contribution in [2.45, 2.75) is 40.3 Å². The summed E-state index contributed by atoms with van der Waals surface area (Å²) in [7, 11) is 0. The molecule has 1 rings (SSSR count). The Kier molecular flexibility index (Phi) is 8.47. The molecule has 0 fully saturated rings. The lowest BCUT2D eigenvalue weighted by Crippen LogP contribution is -2.37. The summed E-state index contributed by atoms with van der Waals surface area (Å²) in [6.07, 6.45) is 1.09. The van der Waals surface area contributed by atoms with E-state index in [1.807, 2.05) is 6.92 Å². The summed E-state index contributed by atoms with van der Waals surface area (Å²) in [6, 6.07) is 8.43. The molecular weight excluding hydrogens is 250 g/mol. The summed E-state index contributed by atoms with van der Waals surface area (Å²) in [5.74, 6) is 0.882. The standard InChI is InChI=1S/C16H27N3O/c1-4-11-18-16(17-5-2)19-12-14-7-9-15(10-8-14)13-20-6-3/h7-10H,4-6,11-13H2,1-3H3,(H2,17,18,19). The number of ether oxygens (including phenoxy) is 1. The fourth-order valence-electron chi connectivity index (χ4n) is 1.72. The van der Waals surface area contributed by atoms with Crippen molar-refractivity contribution in [1.82, 2.24) is 10.6 Å². The minimum atomic E-state index is 0.681. The molecule has 0 amide bonds. The summed E-state index contributed by atoms with van der Waals surface area (Å²) >= 11 is 0. The van der Waals surface area contributed by atoms with E-state index < -0.39 is 0 Å². The highest BCUT2D eigenvalue weighted by Crippen LogP contribution is 2.07. The molecule has 4 heteroatoms. The summed E-state index contributed by atoms with van der Waals surface area (Å²) in [6.45, 7) is 10.2. The minimum absolute atomic E-state index is 0.681. The van der Waals surface area contributed by atoms with E-state index in [1.54, 1.807) is 0 Å². The molecule has 0 saturated heterocycles. The molecule has 1 aromatic rings.